The van der Waals surface area contributed by atoms with E-state index in [1.165, 1.54) is 4.90 Å². The highest BCUT2D eigenvalue weighted by molar-refractivity contribution is 8.18. The summed E-state index contributed by atoms with van der Waals surface area (Å²) in [5.74, 6) is -0.310. The molecule has 0 N–H and O–H groups in total. The van der Waals surface area contributed by atoms with Gasteiger partial charge in [-0.2, -0.15) is 0 Å². The molecule has 2 aromatic carbocycles. The van der Waals surface area contributed by atoms with E-state index in [4.69, 9.17) is 23.2 Å². The van der Waals surface area contributed by atoms with Gasteiger partial charge in [0.25, 0.3) is 11.1 Å². The molecule has 2 aromatic rings. The molecule has 6 heteroatoms. The number of halogens is 2. The van der Waals surface area contributed by atoms with Crippen molar-refractivity contribution in [2.75, 3.05) is 0 Å². The van der Waals surface area contributed by atoms with Crippen molar-refractivity contribution in [1.29, 1.82) is 0 Å². The first kappa shape index (κ1) is 16.1. The van der Waals surface area contributed by atoms with Gasteiger partial charge in [0.2, 0.25) is 0 Å². The lowest BCUT2D eigenvalue weighted by atomic mass is 10.2. The minimum atomic E-state index is -0.310. The van der Waals surface area contributed by atoms with Crippen LogP contribution in [0.5, 0.6) is 0 Å². The van der Waals surface area contributed by atoms with Gasteiger partial charge in [-0.15, -0.1) is 0 Å². The molecule has 0 bridgehead atoms. The highest BCUT2D eigenvalue weighted by atomic mass is 35.5. The van der Waals surface area contributed by atoms with Crippen LogP contribution in [0.4, 0.5) is 4.79 Å². The summed E-state index contributed by atoms with van der Waals surface area (Å²) in [5.41, 5.74) is 1.56. The SMILES string of the molecule is O=C1SC(=Cc2ccc(Cl)cc2)C(=O)N1Cc1ccccc1Cl. The van der Waals surface area contributed by atoms with E-state index in [0.717, 1.165) is 22.9 Å². The number of hydrogen-bond donors (Lipinski definition) is 0. The number of nitrogens with zero attached hydrogens (tertiary/aromatic N) is 1. The molecule has 0 atom stereocenters. The molecule has 1 heterocycles. The van der Waals surface area contributed by atoms with Gasteiger partial charge >= 0.3 is 0 Å². The highest BCUT2D eigenvalue weighted by Crippen LogP contribution is 2.34. The second kappa shape index (κ2) is 6.79. The fourth-order valence-corrected chi connectivity index (χ4v) is 3.30. The van der Waals surface area contributed by atoms with Crippen LogP contribution in [0.2, 0.25) is 10.0 Å². The molecule has 1 aliphatic rings. The summed E-state index contributed by atoms with van der Waals surface area (Å²) >= 11 is 12.9. The van der Waals surface area contributed by atoms with Gasteiger partial charge < -0.3 is 0 Å². The first-order valence-electron chi connectivity index (χ1n) is 6.79. The molecule has 23 heavy (non-hydrogen) atoms. The molecule has 0 unspecified atom stereocenters. The van der Waals surface area contributed by atoms with Crippen molar-refractivity contribution in [1.82, 2.24) is 4.90 Å². The van der Waals surface area contributed by atoms with E-state index in [-0.39, 0.29) is 17.7 Å². The van der Waals surface area contributed by atoms with Gasteiger partial charge in [0.1, 0.15) is 0 Å². The summed E-state index contributed by atoms with van der Waals surface area (Å²) < 4.78 is 0. The molecule has 0 aliphatic carbocycles. The van der Waals surface area contributed by atoms with Gasteiger partial charge in [0.05, 0.1) is 11.4 Å². The highest BCUT2D eigenvalue weighted by Gasteiger charge is 2.35. The zero-order chi connectivity index (χ0) is 16.4. The Morgan fingerprint density at radius 1 is 1.00 bits per heavy atom. The largest absolute Gasteiger partial charge is 0.293 e. The van der Waals surface area contributed by atoms with E-state index in [1.54, 1.807) is 48.5 Å². The van der Waals surface area contributed by atoms with Crippen LogP contribution in [-0.2, 0) is 11.3 Å². The van der Waals surface area contributed by atoms with Gasteiger partial charge in [-0.05, 0) is 47.2 Å². The number of carbonyl (C=O) groups is 2. The molecular weight excluding hydrogens is 353 g/mol. The smallest absolute Gasteiger partial charge is 0.268 e. The number of rotatable bonds is 3. The average molecular weight is 364 g/mol. The zero-order valence-corrected chi connectivity index (χ0v) is 14.2. The molecule has 116 valence electrons. The van der Waals surface area contributed by atoms with Crippen LogP contribution < -0.4 is 0 Å². The Labute approximate surface area is 147 Å². The second-order valence-corrected chi connectivity index (χ2v) is 6.75. The van der Waals surface area contributed by atoms with Crippen molar-refractivity contribution >= 4 is 52.2 Å². The van der Waals surface area contributed by atoms with Gasteiger partial charge in [-0.3, -0.25) is 14.5 Å². The second-order valence-electron chi connectivity index (χ2n) is 4.91. The number of thioether (sulfide) groups is 1. The molecule has 1 aliphatic heterocycles. The molecular formula is C17H11Cl2NO2S. The normalized spacial score (nSPS) is 16.4. The van der Waals surface area contributed by atoms with Crippen LogP contribution in [-0.4, -0.2) is 16.0 Å². The third-order valence-electron chi connectivity index (χ3n) is 3.33. The summed E-state index contributed by atoms with van der Waals surface area (Å²) in [7, 11) is 0. The van der Waals surface area contributed by atoms with Crippen LogP contribution in [0.3, 0.4) is 0 Å². The topological polar surface area (TPSA) is 37.4 Å². The lowest BCUT2D eigenvalue weighted by Gasteiger charge is -2.13. The Kier molecular flexibility index (Phi) is 4.76. The first-order valence-corrected chi connectivity index (χ1v) is 8.36. The Balaban J connectivity index is 1.82. The Hall–Kier alpha value is -1.75. The fourth-order valence-electron chi connectivity index (χ4n) is 2.14. The van der Waals surface area contributed by atoms with Gasteiger partial charge in [0, 0.05) is 10.0 Å². The fraction of sp³-hybridized carbons (Fsp3) is 0.0588. The summed E-state index contributed by atoms with van der Waals surface area (Å²) in [6.45, 7) is 0.169. The van der Waals surface area contributed by atoms with Crippen LogP contribution >= 0.6 is 35.0 Å². The Bertz CT molecular complexity index is 802. The molecule has 3 nitrogen and oxygen atoms in total. The van der Waals surface area contributed by atoms with Crippen molar-refractivity contribution in [3.63, 3.8) is 0 Å². The lowest BCUT2D eigenvalue weighted by Crippen LogP contribution is -2.27. The van der Waals surface area contributed by atoms with Crippen molar-refractivity contribution in [2.45, 2.75) is 6.54 Å². The van der Waals surface area contributed by atoms with Crippen molar-refractivity contribution in [3.8, 4) is 0 Å². The predicted molar refractivity (Wildman–Crippen MR) is 94.4 cm³/mol. The quantitative estimate of drug-likeness (QED) is 0.700. The molecule has 3 rings (SSSR count). The first-order chi connectivity index (χ1) is 11.0. The lowest BCUT2D eigenvalue weighted by molar-refractivity contribution is -0.123. The molecule has 1 fully saturated rings. The Morgan fingerprint density at radius 3 is 2.39 bits per heavy atom. The number of imide groups is 1. The van der Waals surface area contributed by atoms with Crippen molar-refractivity contribution in [3.05, 3.63) is 74.6 Å². The maximum atomic E-state index is 12.4. The average Bonchev–Trinajstić information content (AvgIpc) is 2.79. The predicted octanol–water partition coefficient (Wildman–Crippen LogP) is 5.23. The standard InChI is InChI=1S/C17H11Cl2NO2S/c18-13-7-5-11(6-8-13)9-15-16(21)20(17(22)23-15)10-12-3-1-2-4-14(12)19/h1-9H,10H2. The Morgan fingerprint density at radius 2 is 1.70 bits per heavy atom. The van der Waals surface area contributed by atoms with E-state index in [0.29, 0.717) is 15.0 Å². The van der Waals surface area contributed by atoms with Crippen LogP contribution in [0.15, 0.2) is 53.4 Å². The number of benzene rings is 2. The summed E-state index contributed by atoms with van der Waals surface area (Å²) in [6, 6.07) is 14.2. The third kappa shape index (κ3) is 3.61. The zero-order valence-electron chi connectivity index (χ0n) is 11.8. The minimum absolute atomic E-state index is 0.169. The molecule has 0 radical (unpaired) electrons. The van der Waals surface area contributed by atoms with E-state index in [2.05, 4.69) is 0 Å². The van der Waals surface area contributed by atoms with Gasteiger partial charge in [-0.1, -0.05) is 53.5 Å². The van der Waals surface area contributed by atoms with E-state index >= 15 is 0 Å². The van der Waals surface area contributed by atoms with Crippen LogP contribution in [0.1, 0.15) is 11.1 Å². The number of carbonyl (C=O) groups excluding carboxylic acids is 2. The molecule has 1 saturated heterocycles. The van der Waals surface area contributed by atoms with E-state index in [1.807, 2.05) is 6.07 Å². The van der Waals surface area contributed by atoms with Gasteiger partial charge in [0.15, 0.2) is 0 Å². The number of hydrogen-bond acceptors (Lipinski definition) is 3. The maximum absolute atomic E-state index is 12.4. The molecule has 0 spiro atoms. The summed E-state index contributed by atoms with van der Waals surface area (Å²) in [4.78, 5) is 26.2. The summed E-state index contributed by atoms with van der Waals surface area (Å²) in [5, 5.41) is 0.859. The van der Waals surface area contributed by atoms with E-state index in [9.17, 15) is 9.59 Å². The number of amides is 2. The van der Waals surface area contributed by atoms with Crippen molar-refractivity contribution < 1.29 is 9.59 Å². The van der Waals surface area contributed by atoms with Crippen molar-refractivity contribution in [2.24, 2.45) is 0 Å². The van der Waals surface area contributed by atoms with Crippen LogP contribution in [0.25, 0.3) is 6.08 Å². The maximum Gasteiger partial charge on any atom is 0.293 e. The third-order valence-corrected chi connectivity index (χ3v) is 4.86. The van der Waals surface area contributed by atoms with Crippen LogP contribution in [0, 0.1) is 0 Å². The van der Waals surface area contributed by atoms with E-state index < -0.39 is 0 Å². The minimum Gasteiger partial charge on any atom is -0.268 e. The molecule has 2 amide bonds. The molecule has 0 saturated carbocycles. The summed E-state index contributed by atoms with van der Waals surface area (Å²) in [6.07, 6.45) is 1.69. The monoisotopic (exact) mass is 363 g/mol. The van der Waals surface area contributed by atoms with Gasteiger partial charge in [-0.25, -0.2) is 0 Å². The molecule has 0 aromatic heterocycles.